The van der Waals surface area contributed by atoms with E-state index < -0.39 is 0 Å². The maximum atomic E-state index is 12.8. The van der Waals surface area contributed by atoms with E-state index in [4.69, 9.17) is 5.73 Å². The lowest BCUT2D eigenvalue weighted by atomic mass is 9.98. The molecule has 0 aliphatic carbocycles. The molecule has 0 saturated heterocycles. The summed E-state index contributed by atoms with van der Waals surface area (Å²) in [5.41, 5.74) is 10.3. The lowest BCUT2D eigenvalue weighted by Crippen LogP contribution is -2.46. The van der Waals surface area contributed by atoms with Crippen LogP contribution in [0.1, 0.15) is 56.3 Å². The molecule has 0 spiro atoms. The van der Waals surface area contributed by atoms with E-state index in [1.807, 2.05) is 32.9 Å². The summed E-state index contributed by atoms with van der Waals surface area (Å²) in [6, 6.07) is 11.8. The quantitative estimate of drug-likeness (QED) is 0.553. The van der Waals surface area contributed by atoms with Gasteiger partial charge in [0.15, 0.2) is 0 Å². The highest BCUT2D eigenvalue weighted by molar-refractivity contribution is 5.83. The number of phenolic OH excluding ortho intramolecular Hbond substituents is 1. The lowest BCUT2D eigenvalue weighted by molar-refractivity contribution is -0.121. The van der Waals surface area contributed by atoms with Crippen molar-refractivity contribution < 1.29 is 9.90 Å². The Kier molecular flexibility index (Phi) is 5.54. The summed E-state index contributed by atoms with van der Waals surface area (Å²) >= 11 is 0. The van der Waals surface area contributed by atoms with E-state index in [1.165, 1.54) is 5.56 Å². The van der Waals surface area contributed by atoms with Gasteiger partial charge in [0, 0.05) is 16.8 Å². The molecule has 5 nitrogen and oxygen atoms in total. The predicted octanol–water partition coefficient (Wildman–Crippen LogP) is 4.08. The number of nitrogens with two attached hydrogens (primary N) is 1. The highest BCUT2D eigenvalue weighted by Gasteiger charge is 2.30. The van der Waals surface area contributed by atoms with E-state index in [0.29, 0.717) is 5.69 Å². The van der Waals surface area contributed by atoms with E-state index in [2.05, 4.69) is 35.3 Å². The van der Waals surface area contributed by atoms with Gasteiger partial charge >= 0.3 is 0 Å². The fraction of sp³-hybridized carbons (Fsp3) is 0.435. The topological polar surface area (TPSA) is 78.6 Å². The molecule has 0 aromatic heterocycles. The van der Waals surface area contributed by atoms with Gasteiger partial charge in [-0.15, -0.1) is 0 Å². The summed E-state index contributed by atoms with van der Waals surface area (Å²) in [5, 5.41) is 13.7. The van der Waals surface area contributed by atoms with Crippen molar-refractivity contribution in [2.24, 2.45) is 0 Å². The third-order valence-electron chi connectivity index (χ3n) is 5.14. The molecule has 4 N–H and O–H groups in total. The number of nitrogens with one attached hydrogen (secondary N) is 1. The van der Waals surface area contributed by atoms with E-state index in [9.17, 15) is 9.90 Å². The van der Waals surface area contributed by atoms with E-state index in [-0.39, 0.29) is 29.8 Å². The van der Waals surface area contributed by atoms with Gasteiger partial charge in [0.05, 0.1) is 18.3 Å². The second-order valence-electron chi connectivity index (χ2n) is 8.75. The summed E-state index contributed by atoms with van der Waals surface area (Å²) in [7, 11) is 0. The Morgan fingerprint density at radius 3 is 2.75 bits per heavy atom. The Bertz CT molecular complexity index is 871. The molecule has 1 atom stereocenters. The Morgan fingerprint density at radius 1 is 1.29 bits per heavy atom. The van der Waals surface area contributed by atoms with E-state index in [0.717, 1.165) is 36.1 Å². The molecule has 0 fully saturated rings. The smallest absolute Gasteiger partial charge is 0.239 e. The van der Waals surface area contributed by atoms with Crippen LogP contribution in [0.25, 0.3) is 0 Å². The van der Waals surface area contributed by atoms with Crippen molar-refractivity contribution in [3.63, 3.8) is 0 Å². The molecule has 0 bridgehead atoms. The average molecular weight is 382 g/mol. The maximum absolute atomic E-state index is 12.8. The number of aryl methyl sites for hydroxylation is 2. The molecule has 5 heteroatoms. The van der Waals surface area contributed by atoms with Crippen molar-refractivity contribution in [1.29, 1.82) is 0 Å². The van der Waals surface area contributed by atoms with Crippen molar-refractivity contribution >= 4 is 17.3 Å². The molecule has 28 heavy (non-hydrogen) atoms. The first kappa shape index (κ1) is 20.1. The van der Waals surface area contributed by atoms with Crippen LogP contribution in [0.15, 0.2) is 36.4 Å². The van der Waals surface area contributed by atoms with Crippen LogP contribution < -0.4 is 16.0 Å². The van der Waals surface area contributed by atoms with Gasteiger partial charge < -0.3 is 21.1 Å². The number of phenols is 1. The number of hydrogen-bond acceptors (Lipinski definition) is 4. The van der Waals surface area contributed by atoms with Crippen molar-refractivity contribution in [2.45, 2.75) is 58.5 Å². The number of benzene rings is 2. The minimum atomic E-state index is -0.298. The third kappa shape index (κ3) is 4.41. The molecular formula is C23H31N3O2. The van der Waals surface area contributed by atoms with Crippen LogP contribution in [0, 0.1) is 6.92 Å². The number of aromatic hydroxyl groups is 1. The Morgan fingerprint density at radius 2 is 2.04 bits per heavy atom. The molecule has 1 aliphatic rings. The highest BCUT2D eigenvalue weighted by Crippen LogP contribution is 2.41. The molecule has 1 unspecified atom stereocenters. The zero-order chi connectivity index (χ0) is 20.5. The Balaban J connectivity index is 2.06. The number of para-hydroxylation sites is 1. The second-order valence-corrected chi connectivity index (χ2v) is 8.75. The first-order valence-corrected chi connectivity index (χ1v) is 9.90. The number of nitrogen functional groups attached to an aromatic ring is 1. The maximum Gasteiger partial charge on any atom is 0.239 e. The van der Waals surface area contributed by atoms with Crippen LogP contribution in [0.2, 0.25) is 0 Å². The number of carbonyl (C=O) groups is 1. The van der Waals surface area contributed by atoms with Crippen LogP contribution in [-0.2, 0) is 11.2 Å². The minimum Gasteiger partial charge on any atom is -0.505 e. The number of hydrogen-bond donors (Lipinski definition) is 3. The number of carbonyl (C=O) groups excluding carboxylic acids is 1. The van der Waals surface area contributed by atoms with Gasteiger partial charge in [0.25, 0.3) is 0 Å². The molecule has 2 aromatic carbocycles. The summed E-state index contributed by atoms with van der Waals surface area (Å²) in [6.07, 6.45) is 2.77. The summed E-state index contributed by atoms with van der Waals surface area (Å²) < 4.78 is 0. The molecule has 1 amide bonds. The van der Waals surface area contributed by atoms with Gasteiger partial charge in [-0.3, -0.25) is 4.79 Å². The Hall–Kier alpha value is -2.69. The Labute approximate surface area is 167 Å². The van der Waals surface area contributed by atoms with Crippen LogP contribution in [0.3, 0.4) is 0 Å². The van der Waals surface area contributed by atoms with E-state index >= 15 is 0 Å². The number of nitrogens with zero attached hydrogens (tertiary/aromatic N) is 1. The van der Waals surface area contributed by atoms with Gasteiger partial charge in [-0.05, 0) is 70.2 Å². The summed E-state index contributed by atoms with van der Waals surface area (Å²) in [6.45, 7) is 8.23. The molecule has 0 radical (unpaired) electrons. The predicted molar refractivity (Wildman–Crippen MR) is 115 cm³/mol. The van der Waals surface area contributed by atoms with Gasteiger partial charge in [-0.25, -0.2) is 0 Å². The fourth-order valence-corrected chi connectivity index (χ4v) is 3.94. The number of fused-ring (bicyclic) bond motifs is 1. The molecule has 1 heterocycles. The zero-order valence-electron chi connectivity index (χ0n) is 17.2. The number of anilines is 2. The second kappa shape index (κ2) is 7.74. The number of rotatable bonds is 3. The van der Waals surface area contributed by atoms with Crippen molar-refractivity contribution in [3.05, 3.63) is 53.1 Å². The van der Waals surface area contributed by atoms with Gasteiger partial charge in [-0.2, -0.15) is 0 Å². The van der Waals surface area contributed by atoms with Crippen LogP contribution in [-0.4, -0.2) is 23.1 Å². The molecule has 3 rings (SSSR count). The third-order valence-corrected chi connectivity index (χ3v) is 5.14. The molecule has 0 saturated carbocycles. The molecular weight excluding hydrogens is 350 g/mol. The first-order valence-electron chi connectivity index (χ1n) is 9.90. The zero-order valence-corrected chi connectivity index (χ0v) is 17.2. The van der Waals surface area contributed by atoms with Crippen molar-refractivity contribution in [2.75, 3.05) is 17.2 Å². The average Bonchev–Trinajstić information content (AvgIpc) is 2.75. The fourth-order valence-electron chi connectivity index (χ4n) is 3.94. The molecule has 2 aromatic rings. The van der Waals surface area contributed by atoms with E-state index in [1.54, 1.807) is 6.07 Å². The van der Waals surface area contributed by atoms with Crippen molar-refractivity contribution in [3.8, 4) is 5.75 Å². The van der Waals surface area contributed by atoms with Crippen LogP contribution in [0.5, 0.6) is 5.75 Å². The van der Waals surface area contributed by atoms with Crippen LogP contribution in [0.4, 0.5) is 11.4 Å². The van der Waals surface area contributed by atoms with Gasteiger partial charge in [0.1, 0.15) is 5.75 Å². The standard InChI is InChI=1S/C23H31N3O2/c1-15-11-12-16-7-5-10-19(17-8-6-9-18(24)22(17)28)26(20(16)13-15)14-21(27)25-23(2,3)4/h6,8-9,11-13,19,28H,5,7,10,14,24H2,1-4H3,(H,25,27). The molecule has 150 valence electrons. The number of amides is 1. The summed E-state index contributed by atoms with van der Waals surface area (Å²) in [4.78, 5) is 15.0. The normalized spacial score (nSPS) is 17.0. The minimum absolute atomic E-state index is 0.0322. The molecule has 1 aliphatic heterocycles. The summed E-state index contributed by atoms with van der Waals surface area (Å²) in [5.74, 6) is 0.0834. The van der Waals surface area contributed by atoms with Crippen LogP contribution >= 0.6 is 0 Å². The van der Waals surface area contributed by atoms with Gasteiger partial charge in [-0.1, -0.05) is 24.3 Å². The first-order chi connectivity index (χ1) is 13.2. The van der Waals surface area contributed by atoms with Crippen molar-refractivity contribution in [1.82, 2.24) is 5.32 Å². The van der Waals surface area contributed by atoms with Gasteiger partial charge in [0.2, 0.25) is 5.91 Å². The highest BCUT2D eigenvalue weighted by atomic mass is 16.3. The largest absolute Gasteiger partial charge is 0.505 e. The SMILES string of the molecule is Cc1ccc2c(c1)N(CC(=O)NC(C)(C)C)C(c1cccc(N)c1O)CCC2. The lowest BCUT2D eigenvalue weighted by Gasteiger charge is -2.34. The monoisotopic (exact) mass is 381 g/mol.